The van der Waals surface area contributed by atoms with E-state index in [1.54, 1.807) is 24.3 Å². The number of piperidine rings is 1. The molecule has 0 saturated carbocycles. The van der Waals surface area contributed by atoms with Crippen LogP contribution in [0.1, 0.15) is 12.0 Å². The van der Waals surface area contributed by atoms with E-state index >= 15 is 0 Å². The van der Waals surface area contributed by atoms with Crippen molar-refractivity contribution in [2.75, 3.05) is 20.1 Å². The van der Waals surface area contributed by atoms with Crippen LogP contribution >= 0.6 is 0 Å². The van der Waals surface area contributed by atoms with E-state index in [0.717, 1.165) is 12.1 Å². The summed E-state index contributed by atoms with van der Waals surface area (Å²) in [5, 5.41) is 28.8. The molecule has 22 heavy (non-hydrogen) atoms. The fourth-order valence-electron chi connectivity index (χ4n) is 2.29. The van der Waals surface area contributed by atoms with E-state index in [1.807, 2.05) is 7.05 Å². The predicted molar refractivity (Wildman–Crippen MR) is 80.3 cm³/mol. The molecule has 7 heteroatoms. The van der Waals surface area contributed by atoms with Crippen LogP contribution in [0.2, 0.25) is 0 Å². The Kier molecular flexibility index (Phi) is 7.34. The van der Waals surface area contributed by atoms with Gasteiger partial charge in [0.05, 0.1) is 12.0 Å². The summed E-state index contributed by atoms with van der Waals surface area (Å²) in [5.41, 5.74) is 0.921. The third-order valence-corrected chi connectivity index (χ3v) is 3.52. The zero-order valence-corrected chi connectivity index (χ0v) is 12.5. The van der Waals surface area contributed by atoms with Crippen molar-refractivity contribution in [1.29, 1.82) is 0 Å². The monoisotopic (exact) mass is 310 g/mol. The second kappa shape index (κ2) is 9.01. The molecular formula is C15H22N2O5. The molecule has 1 aromatic rings. The molecule has 0 spiro atoms. The zero-order valence-electron chi connectivity index (χ0n) is 12.5. The van der Waals surface area contributed by atoms with Gasteiger partial charge in [0.25, 0.3) is 6.47 Å². The number of aliphatic hydroxyl groups excluding tert-OH is 1. The van der Waals surface area contributed by atoms with Crippen LogP contribution in [0.3, 0.4) is 0 Å². The molecule has 1 aliphatic rings. The largest absolute Gasteiger partial charge is 0.508 e. The third kappa shape index (κ3) is 5.71. The number of hydrogen-bond acceptors (Lipinski definition) is 5. The van der Waals surface area contributed by atoms with Gasteiger partial charge in [-0.25, -0.2) is 0 Å². The standard InChI is InChI=1S/C14H20N2O3.CH2O2/c1-16-7-6-13(18)12(9-16)14(19)15-8-10-2-4-11(17)5-3-10;2-1-3/h2-5,12-13,17-18H,6-9H2,1H3,(H,15,19);1H,(H,2,3)/t12-,13-;/m1./s1. The average Bonchev–Trinajstić information content (AvgIpc) is 2.49. The first-order chi connectivity index (χ1) is 10.5. The Morgan fingerprint density at radius 3 is 2.59 bits per heavy atom. The van der Waals surface area contributed by atoms with Crippen LogP contribution in [0.5, 0.6) is 5.75 Å². The zero-order chi connectivity index (χ0) is 16.5. The second-order valence-corrected chi connectivity index (χ2v) is 5.21. The van der Waals surface area contributed by atoms with Crippen molar-refractivity contribution in [3.8, 4) is 5.75 Å². The van der Waals surface area contributed by atoms with Crippen molar-refractivity contribution in [2.45, 2.75) is 19.1 Å². The Morgan fingerprint density at radius 2 is 2.00 bits per heavy atom. The molecule has 122 valence electrons. The Morgan fingerprint density at radius 1 is 1.41 bits per heavy atom. The maximum atomic E-state index is 12.0. The molecular weight excluding hydrogens is 288 g/mol. The van der Waals surface area contributed by atoms with Gasteiger partial charge in [0.2, 0.25) is 5.91 Å². The number of amides is 1. The highest BCUT2D eigenvalue weighted by molar-refractivity contribution is 5.79. The number of aliphatic hydroxyl groups is 1. The van der Waals surface area contributed by atoms with Crippen molar-refractivity contribution in [3.05, 3.63) is 29.8 Å². The second-order valence-electron chi connectivity index (χ2n) is 5.21. The Bertz CT molecular complexity index is 477. The number of likely N-dealkylation sites (tertiary alicyclic amines) is 1. The summed E-state index contributed by atoms with van der Waals surface area (Å²) in [6.07, 6.45) is 0.0735. The third-order valence-electron chi connectivity index (χ3n) is 3.52. The van der Waals surface area contributed by atoms with Crippen LogP contribution in [-0.2, 0) is 16.1 Å². The lowest BCUT2D eigenvalue weighted by atomic mass is 9.94. The van der Waals surface area contributed by atoms with Crippen LogP contribution < -0.4 is 5.32 Å². The quantitative estimate of drug-likeness (QED) is 0.586. The van der Waals surface area contributed by atoms with E-state index < -0.39 is 6.10 Å². The molecule has 1 fully saturated rings. The van der Waals surface area contributed by atoms with Crippen molar-refractivity contribution in [3.63, 3.8) is 0 Å². The average molecular weight is 310 g/mol. The van der Waals surface area contributed by atoms with E-state index in [9.17, 15) is 15.0 Å². The normalized spacial score (nSPS) is 21.4. The minimum Gasteiger partial charge on any atom is -0.508 e. The topological polar surface area (TPSA) is 110 Å². The molecule has 0 aromatic heterocycles. The summed E-state index contributed by atoms with van der Waals surface area (Å²) in [7, 11) is 1.95. The maximum Gasteiger partial charge on any atom is 0.290 e. The first kappa shape index (κ1) is 17.9. The van der Waals surface area contributed by atoms with Crippen LogP contribution in [-0.4, -0.2) is 58.8 Å². The molecule has 2 rings (SSSR count). The Balaban J connectivity index is 0.000000745. The molecule has 0 bridgehead atoms. The highest BCUT2D eigenvalue weighted by Crippen LogP contribution is 2.16. The van der Waals surface area contributed by atoms with Crippen LogP contribution in [0.4, 0.5) is 0 Å². The van der Waals surface area contributed by atoms with Gasteiger partial charge in [0, 0.05) is 19.6 Å². The van der Waals surface area contributed by atoms with Gasteiger partial charge >= 0.3 is 0 Å². The smallest absolute Gasteiger partial charge is 0.290 e. The number of carbonyl (C=O) groups excluding carboxylic acids is 1. The minimum absolute atomic E-state index is 0.118. The highest BCUT2D eigenvalue weighted by Gasteiger charge is 2.31. The summed E-state index contributed by atoms with van der Waals surface area (Å²) in [5.74, 6) is -0.276. The molecule has 0 unspecified atom stereocenters. The maximum absolute atomic E-state index is 12.0. The number of phenols is 1. The number of carbonyl (C=O) groups is 2. The molecule has 1 amide bonds. The van der Waals surface area contributed by atoms with E-state index in [1.165, 1.54) is 0 Å². The fraction of sp³-hybridized carbons (Fsp3) is 0.467. The molecule has 7 nitrogen and oxygen atoms in total. The number of aromatic hydroxyl groups is 1. The number of rotatable bonds is 3. The molecule has 0 aliphatic carbocycles. The molecule has 1 aromatic carbocycles. The first-order valence-corrected chi connectivity index (χ1v) is 6.98. The van der Waals surface area contributed by atoms with E-state index in [4.69, 9.17) is 9.90 Å². The molecule has 1 saturated heterocycles. The first-order valence-electron chi connectivity index (χ1n) is 6.98. The highest BCUT2D eigenvalue weighted by atomic mass is 16.3. The number of phenolic OH excluding ortho intramolecular Hbond substituents is 1. The van der Waals surface area contributed by atoms with Gasteiger partial charge in [-0.05, 0) is 31.2 Å². The van der Waals surface area contributed by atoms with Gasteiger partial charge < -0.3 is 25.5 Å². The molecule has 2 atom stereocenters. The molecule has 1 heterocycles. The van der Waals surface area contributed by atoms with Crippen molar-refractivity contribution < 1.29 is 24.9 Å². The number of benzene rings is 1. The fourth-order valence-corrected chi connectivity index (χ4v) is 2.29. The van der Waals surface area contributed by atoms with Gasteiger partial charge in [0.15, 0.2) is 0 Å². The van der Waals surface area contributed by atoms with Crippen molar-refractivity contribution in [2.24, 2.45) is 5.92 Å². The van der Waals surface area contributed by atoms with Crippen LogP contribution in [0, 0.1) is 5.92 Å². The summed E-state index contributed by atoms with van der Waals surface area (Å²) in [6.45, 7) is 1.57. The van der Waals surface area contributed by atoms with E-state index in [2.05, 4.69) is 10.2 Å². The Labute approximate surface area is 129 Å². The number of nitrogens with zero attached hydrogens (tertiary/aromatic N) is 1. The minimum atomic E-state index is -0.559. The van der Waals surface area contributed by atoms with Crippen LogP contribution in [0.25, 0.3) is 0 Å². The van der Waals surface area contributed by atoms with Gasteiger partial charge in [-0.15, -0.1) is 0 Å². The lowest BCUT2D eigenvalue weighted by molar-refractivity contribution is -0.131. The van der Waals surface area contributed by atoms with Gasteiger partial charge in [0.1, 0.15) is 5.75 Å². The molecule has 1 aliphatic heterocycles. The molecule has 4 N–H and O–H groups in total. The van der Waals surface area contributed by atoms with Gasteiger partial charge in [-0.3, -0.25) is 9.59 Å². The van der Waals surface area contributed by atoms with E-state index in [0.29, 0.717) is 19.5 Å². The Hall–Kier alpha value is -2.12. The molecule has 0 radical (unpaired) electrons. The van der Waals surface area contributed by atoms with Gasteiger partial charge in [-0.2, -0.15) is 0 Å². The predicted octanol–water partition coefficient (Wildman–Crippen LogP) is 0.0218. The lowest BCUT2D eigenvalue weighted by Gasteiger charge is -2.32. The summed E-state index contributed by atoms with van der Waals surface area (Å²) in [6, 6.07) is 6.70. The van der Waals surface area contributed by atoms with Crippen LogP contribution in [0.15, 0.2) is 24.3 Å². The summed E-state index contributed by atoms with van der Waals surface area (Å²) in [4.78, 5) is 22.5. The summed E-state index contributed by atoms with van der Waals surface area (Å²) >= 11 is 0. The van der Waals surface area contributed by atoms with Crippen molar-refractivity contribution in [1.82, 2.24) is 10.2 Å². The number of nitrogens with one attached hydrogen (secondary N) is 1. The number of hydrogen-bond donors (Lipinski definition) is 4. The van der Waals surface area contributed by atoms with Crippen molar-refractivity contribution >= 4 is 12.4 Å². The lowest BCUT2D eigenvalue weighted by Crippen LogP contribution is -2.48. The SMILES string of the molecule is CN1CC[C@@H](O)[C@H](C(=O)NCc2ccc(O)cc2)C1.O=CO. The van der Waals surface area contributed by atoms with Gasteiger partial charge in [-0.1, -0.05) is 12.1 Å². The number of carboxylic acid groups (broad SMARTS) is 1. The summed E-state index contributed by atoms with van der Waals surface area (Å²) < 4.78 is 0. The van der Waals surface area contributed by atoms with E-state index in [-0.39, 0.29) is 24.0 Å².